The highest BCUT2D eigenvalue weighted by Gasteiger charge is 2.37. The van der Waals surface area contributed by atoms with Crippen LogP contribution in [0.1, 0.15) is 22.8 Å². The second-order valence-corrected chi connectivity index (χ2v) is 4.26. The highest BCUT2D eigenvalue weighted by Crippen LogP contribution is 2.32. The van der Waals surface area contributed by atoms with Crippen LogP contribution in [0.5, 0.6) is 0 Å². The summed E-state index contributed by atoms with van der Waals surface area (Å²) in [5, 5.41) is 0. The number of methoxy groups -OCH3 is 1. The van der Waals surface area contributed by atoms with E-state index in [1.165, 1.54) is 4.90 Å². The molecule has 90 valence electrons. The Bertz CT molecular complexity index is 482. The van der Waals surface area contributed by atoms with Gasteiger partial charge in [0.15, 0.2) is 0 Å². The lowest BCUT2D eigenvalue weighted by atomic mass is 10.1. The maximum absolute atomic E-state index is 11.9. The third-order valence-corrected chi connectivity index (χ3v) is 3.03. The molecule has 1 heterocycles. The number of rotatable bonds is 3. The number of ether oxygens (including phenoxy) is 1. The first-order chi connectivity index (χ1) is 8.06. The summed E-state index contributed by atoms with van der Waals surface area (Å²) in [6.45, 7) is 4.17. The van der Waals surface area contributed by atoms with Crippen LogP contribution in [0, 0.1) is 6.92 Å². The molecule has 0 aliphatic carbocycles. The van der Waals surface area contributed by atoms with Gasteiger partial charge in [-0.2, -0.15) is 0 Å². The van der Waals surface area contributed by atoms with Gasteiger partial charge >= 0.3 is 0 Å². The summed E-state index contributed by atoms with van der Waals surface area (Å²) in [5.41, 5.74) is 2.16. The van der Waals surface area contributed by atoms with E-state index >= 15 is 0 Å². The van der Waals surface area contributed by atoms with E-state index in [1.54, 1.807) is 19.2 Å². The van der Waals surface area contributed by atoms with Crippen molar-refractivity contribution >= 4 is 17.4 Å². The monoisotopic (exact) mass is 233 g/mol. The number of benzene rings is 1. The van der Waals surface area contributed by atoms with Crippen molar-refractivity contribution in [3.8, 4) is 0 Å². The second-order valence-electron chi connectivity index (χ2n) is 4.26. The summed E-state index contributed by atoms with van der Waals surface area (Å²) in [7, 11) is 1.59. The van der Waals surface area contributed by atoms with Gasteiger partial charge in [0.05, 0.1) is 23.9 Å². The molecule has 1 unspecified atom stereocenters. The molecular formula is C13H15NO3. The predicted octanol–water partition coefficient (Wildman–Crippen LogP) is 1.56. The number of carbonyl (C=O) groups is 2. The molecule has 1 aromatic carbocycles. The number of carbonyl (C=O) groups excluding carboxylic acids is 2. The Morgan fingerprint density at radius 2 is 2.06 bits per heavy atom. The number of aryl methyl sites for hydroxylation is 1. The van der Waals surface area contributed by atoms with Crippen LogP contribution >= 0.6 is 0 Å². The molecule has 0 radical (unpaired) electrons. The quantitative estimate of drug-likeness (QED) is 0.744. The van der Waals surface area contributed by atoms with Crippen LogP contribution in [0.15, 0.2) is 18.2 Å². The molecule has 0 saturated heterocycles. The Labute approximate surface area is 100 Å². The Hall–Kier alpha value is -1.68. The van der Waals surface area contributed by atoms with Gasteiger partial charge in [-0.05, 0) is 25.5 Å². The fourth-order valence-electron chi connectivity index (χ4n) is 2.05. The summed E-state index contributed by atoms with van der Waals surface area (Å²) in [6, 6.07) is 5.39. The SMILES string of the molecule is COC(C)CN1C(=O)C(=O)c2cccc(C)c21. The van der Waals surface area contributed by atoms with Gasteiger partial charge < -0.3 is 9.64 Å². The summed E-state index contributed by atoms with van der Waals surface area (Å²) in [5.74, 6) is -0.884. The van der Waals surface area contributed by atoms with E-state index < -0.39 is 11.7 Å². The topological polar surface area (TPSA) is 46.6 Å². The van der Waals surface area contributed by atoms with Crippen LogP contribution in [-0.4, -0.2) is 31.4 Å². The third kappa shape index (κ3) is 1.85. The van der Waals surface area contributed by atoms with Crippen molar-refractivity contribution in [1.82, 2.24) is 0 Å². The minimum absolute atomic E-state index is 0.0997. The van der Waals surface area contributed by atoms with E-state index in [1.807, 2.05) is 19.9 Å². The lowest BCUT2D eigenvalue weighted by molar-refractivity contribution is -0.114. The van der Waals surface area contributed by atoms with Crippen LogP contribution in [0.3, 0.4) is 0 Å². The lowest BCUT2D eigenvalue weighted by Gasteiger charge is -2.21. The van der Waals surface area contributed by atoms with Gasteiger partial charge in [0.25, 0.3) is 11.7 Å². The van der Waals surface area contributed by atoms with E-state index in [4.69, 9.17) is 4.74 Å². The predicted molar refractivity (Wildman–Crippen MR) is 64.3 cm³/mol. The number of hydrogen-bond donors (Lipinski definition) is 0. The Kier molecular flexibility index (Phi) is 2.98. The van der Waals surface area contributed by atoms with E-state index in [0.29, 0.717) is 12.1 Å². The van der Waals surface area contributed by atoms with Crippen LogP contribution in [-0.2, 0) is 9.53 Å². The fraction of sp³-hybridized carbons (Fsp3) is 0.385. The van der Waals surface area contributed by atoms with Crippen LogP contribution in [0.2, 0.25) is 0 Å². The number of Topliss-reactive ketones (excluding diaryl/α,β-unsaturated/α-hetero) is 1. The number of para-hydroxylation sites is 1. The molecule has 0 N–H and O–H groups in total. The maximum atomic E-state index is 11.9. The summed E-state index contributed by atoms with van der Waals surface area (Å²) in [4.78, 5) is 25.2. The fourth-order valence-corrected chi connectivity index (χ4v) is 2.05. The second kappa shape index (κ2) is 4.30. The summed E-state index contributed by atoms with van der Waals surface area (Å²) in [6.07, 6.45) is -0.0997. The molecule has 1 aromatic rings. The zero-order valence-electron chi connectivity index (χ0n) is 10.2. The van der Waals surface area contributed by atoms with Crippen LogP contribution < -0.4 is 4.90 Å². The van der Waals surface area contributed by atoms with E-state index in [-0.39, 0.29) is 6.10 Å². The highest BCUT2D eigenvalue weighted by atomic mass is 16.5. The summed E-state index contributed by atoms with van der Waals surface area (Å²) < 4.78 is 5.15. The van der Waals surface area contributed by atoms with Gasteiger partial charge in [0.2, 0.25) is 0 Å². The minimum Gasteiger partial charge on any atom is -0.380 e. The van der Waals surface area contributed by atoms with Crippen LogP contribution in [0.25, 0.3) is 0 Å². The number of amides is 1. The number of fused-ring (bicyclic) bond motifs is 1. The first kappa shape index (κ1) is 11.8. The van der Waals surface area contributed by atoms with Crippen molar-refractivity contribution in [1.29, 1.82) is 0 Å². The Balaban J connectivity index is 2.43. The van der Waals surface area contributed by atoms with Crippen molar-refractivity contribution in [2.75, 3.05) is 18.6 Å². The molecule has 0 spiro atoms. The highest BCUT2D eigenvalue weighted by molar-refractivity contribution is 6.52. The van der Waals surface area contributed by atoms with Crippen molar-refractivity contribution in [3.63, 3.8) is 0 Å². The van der Waals surface area contributed by atoms with Crippen molar-refractivity contribution in [3.05, 3.63) is 29.3 Å². The van der Waals surface area contributed by atoms with Gasteiger partial charge in [-0.25, -0.2) is 0 Å². The standard InChI is InChI=1S/C13H15NO3/c1-8-5-4-6-10-11(8)14(7-9(2)17-3)13(16)12(10)15/h4-6,9H,7H2,1-3H3. The number of hydrogen-bond acceptors (Lipinski definition) is 3. The average molecular weight is 233 g/mol. The van der Waals surface area contributed by atoms with E-state index in [9.17, 15) is 9.59 Å². The molecule has 4 nitrogen and oxygen atoms in total. The minimum atomic E-state index is -0.460. The number of nitrogens with zero attached hydrogens (tertiary/aromatic N) is 1. The molecule has 1 atom stereocenters. The van der Waals surface area contributed by atoms with E-state index in [2.05, 4.69) is 0 Å². The van der Waals surface area contributed by atoms with E-state index in [0.717, 1.165) is 11.3 Å². The molecule has 0 fully saturated rings. The zero-order chi connectivity index (χ0) is 12.6. The van der Waals surface area contributed by atoms with Crippen molar-refractivity contribution in [2.24, 2.45) is 0 Å². The largest absolute Gasteiger partial charge is 0.380 e. The number of anilines is 1. The Morgan fingerprint density at radius 1 is 1.35 bits per heavy atom. The van der Waals surface area contributed by atoms with Crippen molar-refractivity contribution < 1.29 is 14.3 Å². The normalized spacial score (nSPS) is 16.3. The molecule has 1 amide bonds. The zero-order valence-corrected chi connectivity index (χ0v) is 10.2. The number of ketones is 1. The Morgan fingerprint density at radius 3 is 2.71 bits per heavy atom. The molecule has 2 rings (SSSR count). The molecule has 0 bridgehead atoms. The van der Waals surface area contributed by atoms with Gasteiger partial charge in [0.1, 0.15) is 0 Å². The van der Waals surface area contributed by atoms with Gasteiger partial charge in [-0.15, -0.1) is 0 Å². The van der Waals surface area contributed by atoms with Crippen LogP contribution in [0.4, 0.5) is 5.69 Å². The smallest absolute Gasteiger partial charge is 0.299 e. The first-order valence-electron chi connectivity index (χ1n) is 5.55. The molecule has 1 aliphatic rings. The van der Waals surface area contributed by atoms with Gasteiger partial charge in [0, 0.05) is 7.11 Å². The van der Waals surface area contributed by atoms with Gasteiger partial charge in [-0.3, -0.25) is 9.59 Å². The molecular weight excluding hydrogens is 218 g/mol. The molecule has 0 aromatic heterocycles. The molecule has 0 saturated carbocycles. The molecule has 4 heteroatoms. The average Bonchev–Trinajstić information content (AvgIpc) is 2.56. The van der Waals surface area contributed by atoms with Gasteiger partial charge in [-0.1, -0.05) is 12.1 Å². The third-order valence-electron chi connectivity index (χ3n) is 3.03. The molecule has 1 aliphatic heterocycles. The van der Waals surface area contributed by atoms with Crippen molar-refractivity contribution in [2.45, 2.75) is 20.0 Å². The molecule has 17 heavy (non-hydrogen) atoms. The summed E-state index contributed by atoms with van der Waals surface area (Å²) >= 11 is 0. The maximum Gasteiger partial charge on any atom is 0.299 e. The lowest BCUT2D eigenvalue weighted by Crippen LogP contribution is -2.36. The first-order valence-corrected chi connectivity index (χ1v) is 5.55.